The Balaban J connectivity index is 2.11. The molecule has 3 aromatic rings. The lowest BCUT2D eigenvalue weighted by atomic mass is 10.1. The SMILES string of the molecule is O=C(O)c1nc2ccc(Cc3cccc(Cl)c3F)cn2c(=O)c1O. The van der Waals surface area contributed by atoms with E-state index in [1.807, 2.05) is 0 Å². The fourth-order valence-electron chi connectivity index (χ4n) is 2.33. The van der Waals surface area contributed by atoms with Crippen LogP contribution < -0.4 is 5.56 Å². The number of carboxylic acids is 1. The molecule has 8 heteroatoms. The van der Waals surface area contributed by atoms with Crippen molar-refractivity contribution in [3.05, 3.63) is 74.5 Å². The van der Waals surface area contributed by atoms with Crippen molar-refractivity contribution in [3.8, 4) is 5.75 Å². The van der Waals surface area contributed by atoms with Crippen LogP contribution in [0.4, 0.5) is 4.39 Å². The zero-order chi connectivity index (χ0) is 17.4. The average Bonchev–Trinajstić information content (AvgIpc) is 2.55. The summed E-state index contributed by atoms with van der Waals surface area (Å²) in [6, 6.07) is 7.62. The van der Waals surface area contributed by atoms with E-state index in [1.54, 1.807) is 18.2 Å². The van der Waals surface area contributed by atoms with Crippen LogP contribution in [0.5, 0.6) is 5.75 Å². The third kappa shape index (κ3) is 2.69. The summed E-state index contributed by atoms with van der Waals surface area (Å²) in [5, 5.41) is 18.6. The van der Waals surface area contributed by atoms with Crippen LogP contribution in [0, 0.1) is 5.82 Å². The molecule has 0 aliphatic rings. The highest BCUT2D eigenvalue weighted by atomic mass is 35.5. The number of halogens is 2. The van der Waals surface area contributed by atoms with Crippen molar-refractivity contribution in [1.29, 1.82) is 0 Å². The lowest BCUT2D eigenvalue weighted by molar-refractivity contribution is 0.0686. The first kappa shape index (κ1) is 15.9. The topological polar surface area (TPSA) is 91.9 Å². The van der Waals surface area contributed by atoms with Crippen molar-refractivity contribution < 1.29 is 19.4 Å². The number of hydrogen-bond acceptors (Lipinski definition) is 4. The van der Waals surface area contributed by atoms with Crippen LogP contribution in [0.25, 0.3) is 5.65 Å². The van der Waals surface area contributed by atoms with E-state index in [2.05, 4.69) is 4.98 Å². The summed E-state index contributed by atoms with van der Waals surface area (Å²) < 4.78 is 15.0. The van der Waals surface area contributed by atoms with Gasteiger partial charge in [-0.3, -0.25) is 9.20 Å². The Bertz CT molecular complexity index is 1030. The van der Waals surface area contributed by atoms with Gasteiger partial charge < -0.3 is 10.2 Å². The number of pyridine rings is 1. The molecule has 0 aliphatic carbocycles. The highest BCUT2D eigenvalue weighted by molar-refractivity contribution is 6.30. The van der Waals surface area contributed by atoms with Crippen LogP contribution in [0.15, 0.2) is 41.3 Å². The van der Waals surface area contributed by atoms with Gasteiger partial charge in [-0.1, -0.05) is 29.8 Å². The first-order chi connectivity index (χ1) is 11.4. The Morgan fingerprint density at radius 1 is 1.29 bits per heavy atom. The van der Waals surface area contributed by atoms with Crippen LogP contribution in [0.3, 0.4) is 0 Å². The van der Waals surface area contributed by atoms with Crippen molar-refractivity contribution in [1.82, 2.24) is 9.38 Å². The second-order valence-corrected chi connectivity index (χ2v) is 5.48. The second-order valence-electron chi connectivity index (χ2n) is 5.07. The van der Waals surface area contributed by atoms with Gasteiger partial charge in [-0.2, -0.15) is 0 Å². The average molecular weight is 349 g/mol. The molecule has 2 heterocycles. The Kier molecular flexibility index (Phi) is 3.94. The molecule has 0 radical (unpaired) electrons. The van der Waals surface area contributed by atoms with Crippen LogP contribution >= 0.6 is 11.6 Å². The molecule has 2 N–H and O–H groups in total. The fourth-order valence-corrected chi connectivity index (χ4v) is 2.53. The minimum Gasteiger partial charge on any atom is -0.501 e. The Labute approximate surface area is 139 Å². The smallest absolute Gasteiger partial charge is 0.358 e. The molecule has 0 atom stereocenters. The quantitative estimate of drug-likeness (QED) is 0.758. The molecule has 0 saturated heterocycles. The molecule has 1 aromatic carbocycles. The maximum atomic E-state index is 14.0. The van der Waals surface area contributed by atoms with Crippen molar-refractivity contribution in [2.75, 3.05) is 0 Å². The number of hydrogen-bond donors (Lipinski definition) is 2. The number of nitrogens with zero attached hydrogens (tertiary/aromatic N) is 2. The Morgan fingerprint density at radius 2 is 2.04 bits per heavy atom. The van der Waals surface area contributed by atoms with Gasteiger partial charge in [0, 0.05) is 12.6 Å². The summed E-state index contributed by atoms with van der Waals surface area (Å²) in [6.45, 7) is 0. The molecule has 6 nitrogen and oxygen atoms in total. The van der Waals surface area contributed by atoms with E-state index < -0.39 is 28.8 Å². The number of aromatic hydroxyl groups is 1. The van der Waals surface area contributed by atoms with Crippen molar-refractivity contribution >= 4 is 23.2 Å². The minimum absolute atomic E-state index is 0.00383. The lowest BCUT2D eigenvalue weighted by Crippen LogP contribution is -2.19. The van der Waals surface area contributed by atoms with Crippen molar-refractivity contribution in [2.45, 2.75) is 6.42 Å². The molecule has 0 bridgehead atoms. The van der Waals surface area contributed by atoms with E-state index in [9.17, 15) is 19.1 Å². The van der Waals surface area contributed by atoms with Gasteiger partial charge in [-0.05, 0) is 23.3 Å². The molecule has 24 heavy (non-hydrogen) atoms. The fraction of sp³-hybridized carbons (Fsp3) is 0.0625. The normalized spacial score (nSPS) is 10.9. The minimum atomic E-state index is -1.50. The highest BCUT2D eigenvalue weighted by Gasteiger charge is 2.18. The first-order valence-corrected chi connectivity index (χ1v) is 7.16. The van der Waals surface area contributed by atoms with E-state index in [0.29, 0.717) is 11.1 Å². The third-order valence-corrected chi connectivity index (χ3v) is 3.78. The number of fused-ring (bicyclic) bond motifs is 1. The van der Waals surface area contributed by atoms with E-state index in [4.69, 9.17) is 16.7 Å². The molecule has 2 aromatic heterocycles. The van der Waals surface area contributed by atoms with Crippen LogP contribution in [-0.4, -0.2) is 25.6 Å². The van der Waals surface area contributed by atoms with Crippen molar-refractivity contribution in [2.24, 2.45) is 0 Å². The van der Waals surface area contributed by atoms with E-state index >= 15 is 0 Å². The predicted octanol–water partition coefficient (Wildman–Crippen LogP) is 2.48. The zero-order valence-electron chi connectivity index (χ0n) is 12.0. The van der Waals surface area contributed by atoms with Crippen LogP contribution in [0.2, 0.25) is 5.02 Å². The standard InChI is InChI=1S/C16H10ClFN2O4/c17-10-3-1-2-9(12(10)18)6-8-4-5-11-19-13(16(23)24)14(21)15(22)20(11)7-8/h1-5,7,21H,6H2,(H,23,24). The molecule has 0 spiro atoms. The number of carbonyl (C=O) groups is 1. The van der Waals surface area contributed by atoms with Crippen LogP contribution in [-0.2, 0) is 6.42 Å². The number of rotatable bonds is 3. The van der Waals surface area contributed by atoms with E-state index in [0.717, 1.165) is 4.40 Å². The number of aromatic nitrogens is 2. The number of benzene rings is 1. The summed E-state index contributed by atoms with van der Waals surface area (Å²) >= 11 is 5.74. The van der Waals surface area contributed by atoms with Gasteiger partial charge in [0.2, 0.25) is 5.75 Å². The molecule has 122 valence electrons. The lowest BCUT2D eigenvalue weighted by Gasteiger charge is -2.08. The molecule has 0 fully saturated rings. The number of aromatic carboxylic acids is 1. The molecular formula is C16H10ClFN2O4. The maximum Gasteiger partial charge on any atom is 0.358 e. The van der Waals surface area contributed by atoms with E-state index in [1.165, 1.54) is 18.3 Å². The summed E-state index contributed by atoms with van der Waals surface area (Å²) in [6.07, 6.45) is 1.53. The highest BCUT2D eigenvalue weighted by Crippen LogP contribution is 2.21. The third-order valence-electron chi connectivity index (χ3n) is 3.49. The van der Waals surface area contributed by atoms with Gasteiger partial charge in [-0.15, -0.1) is 0 Å². The van der Waals surface area contributed by atoms with Gasteiger partial charge in [0.05, 0.1) is 5.02 Å². The summed E-state index contributed by atoms with van der Waals surface area (Å²) in [5.74, 6) is -3.00. The summed E-state index contributed by atoms with van der Waals surface area (Å²) in [5.41, 5.74) is -0.658. The molecule has 0 unspecified atom stereocenters. The molecule has 0 aliphatic heterocycles. The summed E-state index contributed by atoms with van der Waals surface area (Å²) in [7, 11) is 0. The molecule has 3 rings (SSSR count). The molecular weight excluding hydrogens is 339 g/mol. The van der Waals surface area contributed by atoms with Gasteiger partial charge in [0.15, 0.2) is 5.69 Å². The molecule has 0 amide bonds. The van der Waals surface area contributed by atoms with Gasteiger partial charge >= 0.3 is 11.5 Å². The zero-order valence-corrected chi connectivity index (χ0v) is 12.8. The summed E-state index contributed by atoms with van der Waals surface area (Å²) in [4.78, 5) is 26.8. The molecule has 0 saturated carbocycles. The Hall–Kier alpha value is -2.93. The maximum absolute atomic E-state index is 14.0. The van der Waals surface area contributed by atoms with Gasteiger partial charge in [0.25, 0.3) is 0 Å². The Morgan fingerprint density at radius 3 is 2.75 bits per heavy atom. The van der Waals surface area contributed by atoms with Crippen LogP contribution in [0.1, 0.15) is 21.6 Å². The van der Waals surface area contributed by atoms with E-state index in [-0.39, 0.29) is 17.1 Å². The largest absolute Gasteiger partial charge is 0.501 e. The number of carboxylic acid groups (broad SMARTS) is 1. The predicted molar refractivity (Wildman–Crippen MR) is 84.3 cm³/mol. The van der Waals surface area contributed by atoms with Crippen molar-refractivity contribution in [3.63, 3.8) is 0 Å². The first-order valence-electron chi connectivity index (χ1n) is 6.79. The monoisotopic (exact) mass is 348 g/mol. The van der Waals surface area contributed by atoms with Gasteiger partial charge in [-0.25, -0.2) is 14.2 Å². The second kappa shape index (κ2) is 5.93. The van der Waals surface area contributed by atoms with Gasteiger partial charge in [0.1, 0.15) is 11.5 Å².